The Hall–Kier alpha value is -2.82. The molecule has 0 aliphatic carbocycles. The molecule has 0 bridgehead atoms. The molecule has 3 heterocycles. The lowest BCUT2D eigenvalue weighted by Crippen LogP contribution is -2.36. The maximum atomic E-state index is 13.2. The van der Waals surface area contributed by atoms with Gasteiger partial charge in [0.2, 0.25) is 0 Å². The van der Waals surface area contributed by atoms with Crippen LogP contribution in [0, 0.1) is 0 Å². The predicted molar refractivity (Wildman–Crippen MR) is 103 cm³/mol. The summed E-state index contributed by atoms with van der Waals surface area (Å²) in [6, 6.07) is 10.3. The number of pyridine rings is 1. The highest BCUT2D eigenvalue weighted by Crippen LogP contribution is 2.31. The number of thiophene rings is 1. The number of anilines is 1. The first kappa shape index (κ1) is 17.6. The van der Waals surface area contributed by atoms with Crippen molar-refractivity contribution >= 4 is 54.6 Å². The first-order chi connectivity index (χ1) is 13.0. The van der Waals surface area contributed by atoms with Crippen LogP contribution >= 0.6 is 22.7 Å². The smallest absolute Gasteiger partial charge is 0.396 e. The summed E-state index contributed by atoms with van der Waals surface area (Å²) in [5.74, 6) is -0.721. The molecule has 0 fully saturated rings. The number of sulfonamides is 1. The molecule has 0 saturated carbocycles. The van der Waals surface area contributed by atoms with E-state index in [0.717, 1.165) is 27.0 Å². The monoisotopic (exact) mass is 418 g/mol. The van der Waals surface area contributed by atoms with Gasteiger partial charge in [-0.25, -0.2) is 4.79 Å². The fraction of sp³-hybridized carbons (Fsp3) is 0. The normalized spacial score (nSPS) is 11.6. The van der Waals surface area contributed by atoms with Gasteiger partial charge in [-0.05, 0) is 41.8 Å². The second-order valence-electron chi connectivity index (χ2n) is 5.33. The molecule has 0 saturated heterocycles. The predicted octanol–water partition coefficient (Wildman–Crippen LogP) is 3.35. The number of fused-ring (bicyclic) bond motifs is 1. The van der Waals surface area contributed by atoms with Crippen LogP contribution in [0.25, 0.3) is 10.3 Å². The van der Waals surface area contributed by atoms with E-state index >= 15 is 0 Å². The van der Waals surface area contributed by atoms with Gasteiger partial charge in [0, 0.05) is 18.0 Å². The maximum Gasteiger partial charge on any atom is 0.396 e. The fourth-order valence-electron chi connectivity index (χ4n) is 2.46. The highest BCUT2D eigenvalue weighted by Gasteiger charge is 2.33. The van der Waals surface area contributed by atoms with E-state index in [4.69, 9.17) is 4.42 Å². The molecule has 3 aromatic heterocycles. The van der Waals surface area contributed by atoms with Gasteiger partial charge in [0.25, 0.3) is 15.9 Å². The van der Waals surface area contributed by atoms with E-state index in [9.17, 15) is 18.0 Å². The van der Waals surface area contributed by atoms with Crippen molar-refractivity contribution in [1.29, 1.82) is 0 Å². The standard InChI is InChI=1S/C17H10N2O5S3/c20-16(11-5-7-18-8-6-11)19(27(22,23)15-2-1-9-25-15)12-3-4-13-14(10-12)26-17(21)24-13/h1-10H. The molecule has 27 heavy (non-hydrogen) atoms. The summed E-state index contributed by atoms with van der Waals surface area (Å²) in [4.78, 5) is 27.9. The summed E-state index contributed by atoms with van der Waals surface area (Å²) in [6.07, 6.45) is 2.82. The van der Waals surface area contributed by atoms with Gasteiger partial charge in [0.1, 0.15) is 9.79 Å². The molecule has 0 N–H and O–H groups in total. The Balaban J connectivity index is 1.92. The number of hydrogen-bond donors (Lipinski definition) is 0. The van der Waals surface area contributed by atoms with Crippen LogP contribution in [0.4, 0.5) is 5.69 Å². The minimum absolute atomic E-state index is 0.0328. The summed E-state index contributed by atoms with van der Waals surface area (Å²) >= 11 is 1.85. The number of carbonyl (C=O) groups is 1. The van der Waals surface area contributed by atoms with Gasteiger partial charge in [0.05, 0.1) is 10.4 Å². The molecule has 7 nitrogen and oxygen atoms in total. The van der Waals surface area contributed by atoms with E-state index in [1.54, 1.807) is 11.4 Å². The lowest BCUT2D eigenvalue weighted by Gasteiger charge is -2.21. The van der Waals surface area contributed by atoms with E-state index in [1.807, 2.05) is 0 Å². The van der Waals surface area contributed by atoms with Crippen LogP contribution in [0.5, 0.6) is 0 Å². The fourth-order valence-corrected chi connectivity index (χ4v) is 5.64. The van der Waals surface area contributed by atoms with E-state index in [1.165, 1.54) is 48.8 Å². The van der Waals surface area contributed by atoms with Crippen LogP contribution in [0.2, 0.25) is 0 Å². The van der Waals surface area contributed by atoms with E-state index in [-0.39, 0.29) is 15.5 Å². The third kappa shape index (κ3) is 3.18. The number of rotatable bonds is 4. The second kappa shape index (κ2) is 6.72. The summed E-state index contributed by atoms with van der Waals surface area (Å²) in [5.41, 5.74) is 0.624. The van der Waals surface area contributed by atoms with Crippen molar-refractivity contribution in [1.82, 2.24) is 4.98 Å². The molecule has 0 unspecified atom stereocenters. The molecule has 1 aromatic carbocycles. The summed E-state index contributed by atoms with van der Waals surface area (Å²) in [7, 11) is -4.14. The zero-order valence-electron chi connectivity index (χ0n) is 13.4. The van der Waals surface area contributed by atoms with Crippen molar-refractivity contribution < 1.29 is 17.6 Å². The maximum absolute atomic E-state index is 13.2. The van der Waals surface area contributed by atoms with Crippen LogP contribution in [0.15, 0.2) is 73.7 Å². The van der Waals surface area contributed by atoms with Crippen molar-refractivity contribution in [2.24, 2.45) is 0 Å². The Kier molecular flexibility index (Phi) is 4.38. The number of hydrogen-bond acceptors (Lipinski definition) is 8. The molecule has 0 atom stereocenters. The van der Waals surface area contributed by atoms with Crippen molar-refractivity contribution in [3.05, 3.63) is 75.5 Å². The number of carbonyl (C=O) groups excluding carboxylic acids is 1. The molecule has 0 aliphatic heterocycles. The van der Waals surface area contributed by atoms with Gasteiger partial charge in [-0.2, -0.15) is 12.7 Å². The van der Waals surface area contributed by atoms with Crippen molar-refractivity contribution in [3.63, 3.8) is 0 Å². The van der Waals surface area contributed by atoms with Crippen molar-refractivity contribution in [2.75, 3.05) is 4.31 Å². The van der Waals surface area contributed by atoms with Crippen LogP contribution in [-0.4, -0.2) is 19.3 Å². The van der Waals surface area contributed by atoms with Crippen molar-refractivity contribution in [3.8, 4) is 0 Å². The first-order valence-electron chi connectivity index (χ1n) is 7.54. The molecule has 0 aliphatic rings. The van der Waals surface area contributed by atoms with Crippen LogP contribution in [0.1, 0.15) is 10.4 Å². The topological polar surface area (TPSA) is 97.6 Å². The van der Waals surface area contributed by atoms with E-state index < -0.39 is 20.9 Å². The van der Waals surface area contributed by atoms with E-state index in [0.29, 0.717) is 10.3 Å². The molecule has 4 rings (SSSR count). The largest absolute Gasteiger partial charge is 0.414 e. The Morgan fingerprint density at radius 1 is 1.11 bits per heavy atom. The second-order valence-corrected chi connectivity index (χ2v) is 9.27. The highest BCUT2D eigenvalue weighted by atomic mass is 32.2. The molecule has 136 valence electrons. The minimum atomic E-state index is -4.14. The third-order valence-electron chi connectivity index (χ3n) is 3.65. The SMILES string of the molecule is O=C(c1ccncc1)N(c1ccc2oc(=O)sc2c1)S(=O)(=O)c1cccs1. The minimum Gasteiger partial charge on any atom is -0.414 e. The van der Waals surface area contributed by atoms with E-state index in [2.05, 4.69) is 4.98 Å². The molecule has 10 heteroatoms. The molecule has 0 spiro atoms. The van der Waals surface area contributed by atoms with Gasteiger partial charge in [-0.15, -0.1) is 11.3 Å². The number of aromatic nitrogens is 1. The summed E-state index contributed by atoms with van der Waals surface area (Å²) < 4.78 is 32.6. The average Bonchev–Trinajstić information content (AvgIpc) is 3.31. The van der Waals surface area contributed by atoms with Crippen molar-refractivity contribution in [2.45, 2.75) is 4.21 Å². The van der Waals surface area contributed by atoms with Gasteiger partial charge in [0.15, 0.2) is 0 Å². The number of benzene rings is 1. The first-order valence-corrected chi connectivity index (χ1v) is 10.7. The Morgan fingerprint density at radius 3 is 2.59 bits per heavy atom. The summed E-state index contributed by atoms with van der Waals surface area (Å²) in [5, 5.41) is 1.62. The van der Waals surface area contributed by atoms with Gasteiger partial charge >= 0.3 is 4.94 Å². The van der Waals surface area contributed by atoms with Gasteiger partial charge in [-0.3, -0.25) is 9.78 Å². The Bertz CT molecular complexity index is 1280. The zero-order valence-corrected chi connectivity index (χ0v) is 15.9. The third-order valence-corrected chi connectivity index (χ3v) is 7.52. The molecular formula is C17H10N2O5S3. The number of nitrogens with zero attached hydrogens (tertiary/aromatic N) is 2. The lowest BCUT2D eigenvalue weighted by atomic mass is 10.2. The quantitative estimate of drug-likeness (QED) is 0.504. The van der Waals surface area contributed by atoms with Crippen LogP contribution < -0.4 is 9.24 Å². The molecule has 1 amide bonds. The summed E-state index contributed by atoms with van der Waals surface area (Å²) in [6.45, 7) is 0. The van der Waals surface area contributed by atoms with Gasteiger partial charge in [-0.1, -0.05) is 17.4 Å². The zero-order chi connectivity index (χ0) is 19.0. The lowest BCUT2D eigenvalue weighted by molar-refractivity contribution is 0.101. The molecule has 4 aromatic rings. The van der Waals surface area contributed by atoms with Crippen LogP contribution in [-0.2, 0) is 10.0 Å². The molecule has 0 radical (unpaired) electrons. The van der Waals surface area contributed by atoms with Crippen LogP contribution in [0.3, 0.4) is 0 Å². The number of amides is 1. The average molecular weight is 418 g/mol. The Morgan fingerprint density at radius 2 is 1.89 bits per heavy atom. The van der Waals surface area contributed by atoms with Gasteiger partial charge < -0.3 is 4.42 Å². The Labute approximate surface area is 161 Å². The molecular weight excluding hydrogens is 408 g/mol. The highest BCUT2D eigenvalue weighted by molar-refractivity contribution is 7.95.